The topological polar surface area (TPSA) is 45.4 Å². The number of hydrogen-bond donors (Lipinski definition) is 2. The molecule has 2 rings (SSSR count). The van der Waals surface area contributed by atoms with Crippen molar-refractivity contribution in [3.63, 3.8) is 0 Å². The van der Waals surface area contributed by atoms with Crippen LogP contribution in [0, 0.1) is 0 Å². The maximum atomic E-state index is 9.02. The zero-order valence-corrected chi connectivity index (χ0v) is 7.97. The molecule has 1 heterocycles. The molecule has 0 atom stereocenters. The molecule has 1 aromatic heterocycles. The van der Waals surface area contributed by atoms with Crippen LogP contribution in [-0.4, -0.2) is 17.3 Å². The first kappa shape index (κ1) is 9.06. The quantitative estimate of drug-likeness (QED) is 0.777. The molecule has 72 valence electrons. The van der Waals surface area contributed by atoms with Crippen molar-refractivity contribution in [2.24, 2.45) is 0 Å². The van der Waals surface area contributed by atoms with Gasteiger partial charge in [0.15, 0.2) is 5.22 Å². The lowest BCUT2D eigenvalue weighted by Crippen LogP contribution is -2.33. The Balaban J connectivity index is 1.86. The molecular formula is C9H12ClNO2. The Hall–Kier alpha value is -0.510. The first-order chi connectivity index (χ1) is 6.24. The molecule has 4 heteroatoms. The van der Waals surface area contributed by atoms with Crippen LogP contribution in [0.5, 0.6) is 0 Å². The molecule has 1 aliphatic rings. The van der Waals surface area contributed by atoms with Crippen molar-refractivity contribution in [2.75, 3.05) is 6.61 Å². The van der Waals surface area contributed by atoms with E-state index >= 15 is 0 Å². The van der Waals surface area contributed by atoms with Crippen LogP contribution in [0.15, 0.2) is 16.5 Å². The number of furan rings is 1. The molecule has 0 aliphatic heterocycles. The summed E-state index contributed by atoms with van der Waals surface area (Å²) < 4.78 is 5.17. The molecule has 0 amide bonds. The molecule has 0 unspecified atom stereocenters. The Kier molecular flexibility index (Phi) is 2.32. The number of hydrogen-bond acceptors (Lipinski definition) is 3. The SMILES string of the molecule is OCC1(NCc2ccc(Cl)o2)CC1. The molecule has 0 aromatic carbocycles. The molecule has 0 saturated heterocycles. The van der Waals surface area contributed by atoms with Crippen LogP contribution in [0.2, 0.25) is 5.22 Å². The average molecular weight is 202 g/mol. The molecule has 0 spiro atoms. The van der Waals surface area contributed by atoms with Crippen LogP contribution in [0.1, 0.15) is 18.6 Å². The van der Waals surface area contributed by atoms with E-state index in [1.807, 2.05) is 6.07 Å². The summed E-state index contributed by atoms with van der Waals surface area (Å²) in [6, 6.07) is 3.56. The zero-order valence-electron chi connectivity index (χ0n) is 7.22. The van der Waals surface area contributed by atoms with Crippen LogP contribution in [-0.2, 0) is 6.54 Å². The number of nitrogens with one attached hydrogen (secondary N) is 1. The molecule has 13 heavy (non-hydrogen) atoms. The van der Waals surface area contributed by atoms with E-state index in [1.165, 1.54) is 0 Å². The van der Waals surface area contributed by atoms with Gasteiger partial charge in [0.05, 0.1) is 13.2 Å². The van der Waals surface area contributed by atoms with Crippen molar-refractivity contribution >= 4 is 11.6 Å². The van der Waals surface area contributed by atoms with Gasteiger partial charge in [-0.05, 0) is 36.6 Å². The highest BCUT2D eigenvalue weighted by Crippen LogP contribution is 2.34. The predicted octanol–water partition coefficient (Wildman–Crippen LogP) is 1.55. The van der Waals surface area contributed by atoms with Crippen LogP contribution < -0.4 is 5.32 Å². The number of rotatable bonds is 4. The lowest BCUT2D eigenvalue weighted by Gasteiger charge is -2.12. The normalized spacial score (nSPS) is 18.9. The van der Waals surface area contributed by atoms with Crippen molar-refractivity contribution in [2.45, 2.75) is 24.9 Å². The number of aliphatic hydroxyl groups excluding tert-OH is 1. The van der Waals surface area contributed by atoms with Crippen LogP contribution in [0.4, 0.5) is 0 Å². The standard InChI is InChI=1S/C9H12ClNO2/c10-8-2-1-7(13-8)5-11-9(6-12)3-4-9/h1-2,11-12H,3-6H2. The third-order valence-corrected chi connectivity index (χ3v) is 2.63. The lowest BCUT2D eigenvalue weighted by molar-refractivity contribution is 0.227. The van der Waals surface area contributed by atoms with Gasteiger partial charge in [0.25, 0.3) is 0 Å². The summed E-state index contributed by atoms with van der Waals surface area (Å²) in [6.07, 6.45) is 2.08. The molecule has 1 saturated carbocycles. The largest absolute Gasteiger partial charge is 0.448 e. The summed E-state index contributed by atoms with van der Waals surface area (Å²) in [5, 5.41) is 12.7. The molecule has 0 bridgehead atoms. The minimum absolute atomic E-state index is 0.0424. The van der Waals surface area contributed by atoms with E-state index in [2.05, 4.69) is 5.32 Å². The van der Waals surface area contributed by atoms with E-state index in [0.29, 0.717) is 11.8 Å². The van der Waals surface area contributed by atoms with E-state index in [9.17, 15) is 0 Å². The Morgan fingerprint density at radius 3 is 2.77 bits per heavy atom. The second kappa shape index (κ2) is 3.33. The minimum Gasteiger partial charge on any atom is -0.448 e. The Labute approximate surface area is 81.7 Å². The molecule has 1 fully saturated rings. The highest BCUT2D eigenvalue weighted by Gasteiger charge is 2.41. The van der Waals surface area contributed by atoms with E-state index in [-0.39, 0.29) is 12.1 Å². The smallest absolute Gasteiger partial charge is 0.193 e. The first-order valence-electron chi connectivity index (χ1n) is 4.34. The fraction of sp³-hybridized carbons (Fsp3) is 0.556. The Bertz CT molecular complexity index is 294. The first-order valence-corrected chi connectivity index (χ1v) is 4.72. The van der Waals surface area contributed by atoms with Crippen molar-refractivity contribution in [1.29, 1.82) is 0 Å². The van der Waals surface area contributed by atoms with Crippen LogP contribution >= 0.6 is 11.6 Å². The van der Waals surface area contributed by atoms with Crippen molar-refractivity contribution < 1.29 is 9.52 Å². The fourth-order valence-electron chi connectivity index (χ4n) is 1.26. The van der Waals surface area contributed by atoms with Gasteiger partial charge in [-0.2, -0.15) is 0 Å². The van der Waals surface area contributed by atoms with Gasteiger partial charge in [0.1, 0.15) is 5.76 Å². The summed E-state index contributed by atoms with van der Waals surface area (Å²) in [7, 11) is 0. The lowest BCUT2D eigenvalue weighted by atomic mass is 10.3. The van der Waals surface area contributed by atoms with Gasteiger partial charge in [-0.15, -0.1) is 0 Å². The summed E-state index contributed by atoms with van der Waals surface area (Å²) in [5.74, 6) is 0.810. The molecule has 1 aromatic rings. The molecule has 0 radical (unpaired) electrons. The highest BCUT2D eigenvalue weighted by atomic mass is 35.5. The summed E-state index contributed by atoms with van der Waals surface area (Å²) in [6.45, 7) is 0.828. The van der Waals surface area contributed by atoms with Gasteiger partial charge >= 0.3 is 0 Å². The van der Waals surface area contributed by atoms with E-state index in [1.54, 1.807) is 6.07 Å². The van der Waals surface area contributed by atoms with Gasteiger partial charge in [-0.25, -0.2) is 0 Å². The summed E-state index contributed by atoms with van der Waals surface area (Å²) >= 11 is 5.62. The third-order valence-electron chi connectivity index (χ3n) is 2.42. The Morgan fingerprint density at radius 1 is 1.54 bits per heavy atom. The maximum absolute atomic E-state index is 9.02. The molecule has 2 N–H and O–H groups in total. The minimum atomic E-state index is -0.0424. The summed E-state index contributed by atoms with van der Waals surface area (Å²) in [5.41, 5.74) is -0.0424. The van der Waals surface area contributed by atoms with Gasteiger partial charge in [0, 0.05) is 5.54 Å². The number of halogens is 1. The van der Waals surface area contributed by atoms with Gasteiger partial charge in [-0.1, -0.05) is 0 Å². The molecular weight excluding hydrogens is 190 g/mol. The van der Waals surface area contributed by atoms with Crippen molar-refractivity contribution in [3.05, 3.63) is 23.1 Å². The zero-order chi connectivity index (χ0) is 9.31. The van der Waals surface area contributed by atoms with Crippen molar-refractivity contribution in [3.8, 4) is 0 Å². The summed E-state index contributed by atoms with van der Waals surface area (Å²) in [4.78, 5) is 0. The van der Waals surface area contributed by atoms with Gasteiger partial charge < -0.3 is 14.8 Å². The second-order valence-electron chi connectivity index (χ2n) is 3.50. The Morgan fingerprint density at radius 2 is 2.31 bits per heavy atom. The third kappa shape index (κ3) is 2.05. The number of aliphatic hydroxyl groups is 1. The van der Waals surface area contributed by atoms with E-state index < -0.39 is 0 Å². The van der Waals surface area contributed by atoms with Crippen LogP contribution in [0.25, 0.3) is 0 Å². The second-order valence-corrected chi connectivity index (χ2v) is 3.87. The average Bonchev–Trinajstić information content (AvgIpc) is 2.81. The highest BCUT2D eigenvalue weighted by molar-refractivity contribution is 6.28. The maximum Gasteiger partial charge on any atom is 0.193 e. The van der Waals surface area contributed by atoms with Gasteiger partial charge in [0.2, 0.25) is 0 Å². The van der Waals surface area contributed by atoms with Crippen molar-refractivity contribution in [1.82, 2.24) is 5.32 Å². The monoisotopic (exact) mass is 201 g/mol. The molecule has 3 nitrogen and oxygen atoms in total. The predicted molar refractivity (Wildman–Crippen MR) is 49.6 cm³/mol. The fourth-order valence-corrected chi connectivity index (χ4v) is 1.43. The van der Waals surface area contributed by atoms with Crippen LogP contribution in [0.3, 0.4) is 0 Å². The van der Waals surface area contributed by atoms with Gasteiger partial charge in [-0.3, -0.25) is 0 Å². The molecule has 1 aliphatic carbocycles. The van der Waals surface area contributed by atoms with E-state index in [0.717, 1.165) is 18.6 Å². The van der Waals surface area contributed by atoms with E-state index in [4.69, 9.17) is 21.1 Å².